The van der Waals surface area contributed by atoms with Crippen molar-refractivity contribution in [2.24, 2.45) is 0 Å². The van der Waals surface area contributed by atoms with E-state index in [0.29, 0.717) is 11.3 Å². The van der Waals surface area contributed by atoms with Crippen molar-refractivity contribution < 1.29 is 9.21 Å². The molecule has 0 saturated heterocycles. The van der Waals surface area contributed by atoms with Gasteiger partial charge in [0.1, 0.15) is 11.5 Å². The molecule has 0 aliphatic rings. The van der Waals surface area contributed by atoms with Crippen LogP contribution in [0.25, 0.3) is 0 Å². The zero-order valence-electron chi connectivity index (χ0n) is 10.6. The molecule has 3 nitrogen and oxygen atoms in total. The van der Waals surface area contributed by atoms with E-state index in [-0.39, 0.29) is 5.91 Å². The van der Waals surface area contributed by atoms with Crippen LogP contribution >= 0.6 is 11.8 Å². The van der Waals surface area contributed by atoms with Crippen LogP contribution in [-0.4, -0.2) is 12.2 Å². The first-order valence-electron chi connectivity index (χ1n) is 5.63. The van der Waals surface area contributed by atoms with Crippen molar-refractivity contribution in [2.75, 3.05) is 11.6 Å². The quantitative estimate of drug-likeness (QED) is 0.853. The largest absolute Gasteiger partial charge is 0.466 e. The first-order chi connectivity index (χ1) is 8.61. The van der Waals surface area contributed by atoms with Gasteiger partial charge in [-0.2, -0.15) is 0 Å². The van der Waals surface area contributed by atoms with Crippen LogP contribution in [0.4, 0.5) is 5.69 Å². The van der Waals surface area contributed by atoms with E-state index in [2.05, 4.69) is 5.32 Å². The smallest absolute Gasteiger partial charge is 0.259 e. The number of aryl methyl sites for hydroxylation is 2. The van der Waals surface area contributed by atoms with E-state index in [1.54, 1.807) is 24.8 Å². The van der Waals surface area contributed by atoms with Crippen molar-refractivity contribution >= 4 is 23.4 Å². The highest BCUT2D eigenvalue weighted by atomic mass is 32.2. The summed E-state index contributed by atoms with van der Waals surface area (Å²) in [6.07, 6.45) is 1.98. The first kappa shape index (κ1) is 12.8. The lowest BCUT2D eigenvalue weighted by atomic mass is 10.2. The minimum absolute atomic E-state index is 0.133. The first-order valence-corrected chi connectivity index (χ1v) is 6.85. The monoisotopic (exact) mass is 261 g/mol. The molecule has 4 heteroatoms. The normalized spacial score (nSPS) is 10.4. The van der Waals surface area contributed by atoms with Gasteiger partial charge < -0.3 is 9.73 Å². The van der Waals surface area contributed by atoms with E-state index in [9.17, 15) is 4.79 Å². The van der Waals surface area contributed by atoms with Gasteiger partial charge >= 0.3 is 0 Å². The standard InChI is InChI=1S/C14H15NO2S/c1-9-8-11(10(2)17-9)14(16)15-12-6-4-5-7-13(12)18-3/h4-8H,1-3H3,(H,15,16). The van der Waals surface area contributed by atoms with E-state index in [0.717, 1.165) is 16.3 Å². The summed E-state index contributed by atoms with van der Waals surface area (Å²) >= 11 is 1.60. The molecule has 94 valence electrons. The summed E-state index contributed by atoms with van der Waals surface area (Å²) < 4.78 is 5.36. The zero-order chi connectivity index (χ0) is 13.1. The second-order valence-electron chi connectivity index (χ2n) is 3.98. The summed E-state index contributed by atoms with van der Waals surface area (Å²) in [7, 11) is 0. The molecule has 0 radical (unpaired) electrons. The number of carbonyl (C=O) groups excluding carboxylic acids is 1. The molecule has 2 rings (SSSR count). The summed E-state index contributed by atoms with van der Waals surface area (Å²) in [5.41, 5.74) is 1.41. The van der Waals surface area contributed by atoms with Crippen LogP contribution in [0.5, 0.6) is 0 Å². The van der Waals surface area contributed by atoms with Crippen molar-refractivity contribution in [3.8, 4) is 0 Å². The SMILES string of the molecule is CSc1ccccc1NC(=O)c1cc(C)oc1C. The van der Waals surface area contributed by atoms with E-state index >= 15 is 0 Å². The molecule has 0 atom stereocenters. The number of furan rings is 1. The third kappa shape index (κ3) is 2.59. The maximum Gasteiger partial charge on any atom is 0.259 e. The topological polar surface area (TPSA) is 42.2 Å². The van der Waals surface area contributed by atoms with Crippen LogP contribution in [0.15, 0.2) is 39.6 Å². The van der Waals surface area contributed by atoms with Gasteiger partial charge in [0.05, 0.1) is 11.3 Å². The molecule has 1 N–H and O–H groups in total. The Morgan fingerprint density at radius 2 is 2.00 bits per heavy atom. The second-order valence-corrected chi connectivity index (χ2v) is 4.83. The van der Waals surface area contributed by atoms with Gasteiger partial charge in [-0.15, -0.1) is 11.8 Å². The van der Waals surface area contributed by atoms with Crippen molar-refractivity contribution in [1.82, 2.24) is 0 Å². The van der Waals surface area contributed by atoms with E-state index < -0.39 is 0 Å². The minimum atomic E-state index is -0.133. The molecular formula is C14H15NO2S. The van der Waals surface area contributed by atoms with Gasteiger partial charge in [0.15, 0.2) is 0 Å². The van der Waals surface area contributed by atoms with Gasteiger partial charge in [0.2, 0.25) is 0 Å². The predicted octanol–water partition coefficient (Wildman–Crippen LogP) is 3.87. The number of rotatable bonds is 3. The highest BCUT2D eigenvalue weighted by Crippen LogP contribution is 2.25. The molecule has 0 unspecified atom stereocenters. The highest BCUT2D eigenvalue weighted by Gasteiger charge is 2.14. The minimum Gasteiger partial charge on any atom is -0.466 e. The number of thioether (sulfide) groups is 1. The third-order valence-corrected chi connectivity index (χ3v) is 3.44. The Labute approximate surface area is 111 Å². The van der Waals surface area contributed by atoms with Gasteiger partial charge in [-0.25, -0.2) is 0 Å². The molecule has 0 spiro atoms. The number of anilines is 1. The lowest BCUT2D eigenvalue weighted by molar-refractivity contribution is 0.102. The molecule has 0 aliphatic heterocycles. The third-order valence-electron chi connectivity index (χ3n) is 2.64. The fraction of sp³-hybridized carbons (Fsp3) is 0.214. The van der Waals surface area contributed by atoms with Gasteiger partial charge in [0, 0.05) is 4.90 Å². The van der Waals surface area contributed by atoms with E-state index in [1.807, 2.05) is 37.4 Å². The fourth-order valence-electron chi connectivity index (χ4n) is 1.79. The average molecular weight is 261 g/mol. The molecule has 1 heterocycles. The molecule has 1 amide bonds. The maximum atomic E-state index is 12.1. The molecule has 18 heavy (non-hydrogen) atoms. The molecule has 1 aromatic carbocycles. The maximum absolute atomic E-state index is 12.1. The summed E-state index contributed by atoms with van der Waals surface area (Å²) in [6, 6.07) is 9.49. The van der Waals surface area contributed by atoms with Gasteiger partial charge in [-0.05, 0) is 38.3 Å². The van der Waals surface area contributed by atoms with Crippen molar-refractivity contribution in [3.63, 3.8) is 0 Å². The number of benzene rings is 1. The average Bonchev–Trinajstić information content (AvgIpc) is 2.69. The summed E-state index contributed by atoms with van der Waals surface area (Å²) in [5.74, 6) is 1.26. The Morgan fingerprint density at radius 3 is 2.61 bits per heavy atom. The Bertz CT molecular complexity index is 575. The molecular weight excluding hydrogens is 246 g/mol. The van der Waals surface area contributed by atoms with E-state index in [1.165, 1.54) is 0 Å². The Morgan fingerprint density at radius 1 is 1.28 bits per heavy atom. The van der Waals surface area contributed by atoms with Crippen LogP contribution in [0.2, 0.25) is 0 Å². The van der Waals surface area contributed by atoms with Crippen LogP contribution in [0.3, 0.4) is 0 Å². The van der Waals surface area contributed by atoms with Crippen LogP contribution in [-0.2, 0) is 0 Å². The Balaban J connectivity index is 2.24. The highest BCUT2D eigenvalue weighted by molar-refractivity contribution is 7.98. The fourth-order valence-corrected chi connectivity index (χ4v) is 2.35. The van der Waals surface area contributed by atoms with Crippen LogP contribution < -0.4 is 5.32 Å². The second kappa shape index (κ2) is 5.31. The molecule has 1 aromatic heterocycles. The van der Waals surface area contributed by atoms with Gasteiger partial charge in [-0.3, -0.25) is 4.79 Å². The summed E-state index contributed by atoms with van der Waals surface area (Å²) in [6.45, 7) is 3.63. The van der Waals surface area contributed by atoms with Crippen molar-refractivity contribution in [1.29, 1.82) is 0 Å². The van der Waals surface area contributed by atoms with Gasteiger partial charge in [0.25, 0.3) is 5.91 Å². The number of carbonyl (C=O) groups is 1. The zero-order valence-corrected chi connectivity index (χ0v) is 11.4. The Kier molecular flexibility index (Phi) is 3.77. The predicted molar refractivity (Wildman–Crippen MR) is 74.4 cm³/mol. The van der Waals surface area contributed by atoms with Crippen LogP contribution in [0, 0.1) is 13.8 Å². The van der Waals surface area contributed by atoms with Crippen molar-refractivity contribution in [2.45, 2.75) is 18.7 Å². The number of para-hydroxylation sites is 1. The summed E-state index contributed by atoms with van der Waals surface area (Å²) in [5, 5.41) is 2.91. The summed E-state index contributed by atoms with van der Waals surface area (Å²) in [4.78, 5) is 13.2. The lowest BCUT2D eigenvalue weighted by Gasteiger charge is -2.08. The lowest BCUT2D eigenvalue weighted by Crippen LogP contribution is -2.12. The van der Waals surface area contributed by atoms with E-state index in [4.69, 9.17) is 4.42 Å². The van der Waals surface area contributed by atoms with Crippen molar-refractivity contribution in [3.05, 3.63) is 47.4 Å². The van der Waals surface area contributed by atoms with Crippen LogP contribution in [0.1, 0.15) is 21.9 Å². The molecule has 0 fully saturated rings. The number of amides is 1. The number of nitrogens with one attached hydrogen (secondary N) is 1. The number of hydrogen-bond acceptors (Lipinski definition) is 3. The van der Waals surface area contributed by atoms with Gasteiger partial charge in [-0.1, -0.05) is 12.1 Å². The number of hydrogen-bond donors (Lipinski definition) is 1. The Hall–Kier alpha value is -1.68. The molecule has 0 bridgehead atoms. The molecule has 2 aromatic rings. The molecule has 0 aliphatic carbocycles. The molecule has 0 saturated carbocycles.